The van der Waals surface area contributed by atoms with Crippen molar-refractivity contribution in [1.29, 1.82) is 0 Å². The number of nitrogens with two attached hydrogens (primary N) is 1. The zero-order valence-corrected chi connectivity index (χ0v) is 9.60. The molecule has 1 aliphatic heterocycles. The Kier molecular flexibility index (Phi) is 3.80. The van der Waals surface area contributed by atoms with Gasteiger partial charge in [0.1, 0.15) is 0 Å². The SMILES string of the molecule is Nc1ccc(CCN2CCC(O)CC2)cc1. The number of piperidine rings is 1. The summed E-state index contributed by atoms with van der Waals surface area (Å²) in [6, 6.07) is 8.09. The van der Waals surface area contributed by atoms with Crippen LogP contribution in [-0.2, 0) is 6.42 Å². The number of nitrogens with zero attached hydrogens (tertiary/aromatic N) is 1. The van der Waals surface area contributed by atoms with Crippen LogP contribution >= 0.6 is 0 Å². The average Bonchev–Trinajstić information content (AvgIpc) is 2.30. The summed E-state index contributed by atoms with van der Waals surface area (Å²) in [5.41, 5.74) is 7.80. The third-order valence-electron chi connectivity index (χ3n) is 3.25. The van der Waals surface area contributed by atoms with Crippen LogP contribution in [0.5, 0.6) is 0 Å². The molecule has 1 fully saturated rings. The van der Waals surface area contributed by atoms with Crippen LogP contribution in [0.15, 0.2) is 24.3 Å². The number of nitrogen functional groups attached to an aromatic ring is 1. The number of benzene rings is 1. The van der Waals surface area contributed by atoms with E-state index in [9.17, 15) is 5.11 Å². The van der Waals surface area contributed by atoms with Crippen LogP contribution in [0.25, 0.3) is 0 Å². The van der Waals surface area contributed by atoms with Crippen LogP contribution in [0.4, 0.5) is 5.69 Å². The summed E-state index contributed by atoms with van der Waals surface area (Å²) in [5, 5.41) is 9.40. The number of likely N-dealkylation sites (tertiary alicyclic amines) is 1. The second-order valence-corrected chi connectivity index (χ2v) is 4.56. The monoisotopic (exact) mass is 220 g/mol. The zero-order chi connectivity index (χ0) is 11.4. The van der Waals surface area contributed by atoms with Crippen LogP contribution in [0.1, 0.15) is 18.4 Å². The highest BCUT2D eigenvalue weighted by atomic mass is 16.3. The lowest BCUT2D eigenvalue weighted by atomic mass is 10.1. The molecule has 1 heterocycles. The van der Waals surface area contributed by atoms with E-state index in [1.54, 1.807) is 0 Å². The summed E-state index contributed by atoms with van der Waals surface area (Å²) >= 11 is 0. The molecular weight excluding hydrogens is 200 g/mol. The molecule has 0 aromatic heterocycles. The summed E-state index contributed by atoms with van der Waals surface area (Å²) in [5.74, 6) is 0. The first-order chi connectivity index (χ1) is 7.74. The predicted octanol–water partition coefficient (Wildman–Crippen LogP) is 1.27. The summed E-state index contributed by atoms with van der Waals surface area (Å²) in [7, 11) is 0. The smallest absolute Gasteiger partial charge is 0.0564 e. The van der Waals surface area contributed by atoms with Crippen molar-refractivity contribution >= 4 is 5.69 Å². The molecule has 0 atom stereocenters. The van der Waals surface area contributed by atoms with Crippen molar-refractivity contribution in [3.63, 3.8) is 0 Å². The first kappa shape index (κ1) is 11.4. The van der Waals surface area contributed by atoms with Crippen molar-refractivity contribution in [2.45, 2.75) is 25.4 Å². The summed E-state index contributed by atoms with van der Waals surface area (Å²) in [4.78, 5) is 2.42. The van der Waals surface area contributed by atoms with Gasteiger partial charge in [-0.15, -0.1) is 0 Å². The van der Waals surface area contributed by atoms with Gasteiger partial charge in [0, 0.05) is 25.3 Å². The van der Waals surface area contributed by atoms with Gasteiger partial charge >= 0.3 is 0 Å². The van der Waals surface area contributed by atoms with Crippen molar-refractivity contribution in [3.05, 3.63) is 29.8 Å². The fourth-order valence-corrected chi connectivity index (χ4v) is 2.11. The Morgan fingerprint density at radius 3 is 2.44 bits per heavy atom. The molecule has 0 saturated carbocycles. The molecule has 1 aromatic rings. The van der Waals surface area contributed by atoms with E-state index < -0.39 is 0 Å². The molecule has 3 heteroatoms. The molecule has 0 radical (unpaired) electrons. The standard InChI is InChI=1S/C13H20N2O/c14-12-3-1-11(2-4-12)5-8-15-9-6-13(16)7-10-15/h1-4,13,16H,5-10,14H2. The molecule has 0 amide bonds. The van der Waals surface area contributed by atoms with Crippen LogP contribution in [0.2, 0.25) is 0 Å². The van der Waals surface area contributed by atoms with Gasteiger partial charge in [-0.2, -0.15) is 0 Å². The number of aliphatic hydroxyl groups is 1. The number of aliphatic hydroxyl groups excluding tert-OH is 1. The van der Waals surface area contributed by atoms with Crippen molar-refractivity contribution in [1.82, 2.24) is 4.90 Å². The Labute approximate surface area is 96.9 Å². The third-order valence-corrected chi connectivity index (χ3v) is 3.25. The maximum atomic E-state index is 9.40. The zero-order valence-electron chi connectivity index (χ0n) is 9.60. The topological polar surface area (TPSA) is 49.5 Å². The second kappa shape index (κ2) is 5.32. The average molecular weight is 220 g/mol. The number of hydrogen-bond donors (Lipinski definition) is 2. The van der Waals surface area contributed by atoms with Crippen molar-refractivity contribution < 1.29 is 5.11 Å². The minimum absolute atomic E-state index is 0.0761. The molecule has 0 bridgehead atoms. The van der Waals surface area contributed by atoms with Gasteiger partial charge < -0.3 is 15.7 Å². The largest absolute Gasteiger partial charge is 0.399 e. The fraction of sp³-hybridized carbons (Fsp3) is 0.538. The highest BCUT2D eigenvalue weighted by molar-refractivity contribution is 5.39. The lowest BCUT2D eigenvalue weighted by molar-refractivity contribution is 0.0832. The third kappa shape index (κ3) is 3.22. The second-order valence-electron chi connectivity index (χ2n) is 4.56. The van der Waals surface area contributed by atoms with Crippen LogP contribution in [-0.4, -0.2) is 35.7 Å². The number of anilines is 1. The van der Waals surface area contributed by atoms with E-state index >= 15 is 0 Å². The Hall–Kier alpha value is -1.06. The van der Waals surface area contributed by atoms with Gasteiger partial charge in [0.05, 0.1) is 6.10 Å². The summed E-state index contributed by atoms with van der Waals surface area (Å²) < 4.78 is 0. The highest BCUT2D eigenvalue weighted by Crippen LogP contribution is 2.11. The van der Waals surface area contributed by atoms with Gasteiger partial charge in [-0.3, -0.25) is 0 Å². The quantitative estimate of drug-likeness (QED) is 0.754. The first-order valence-corrected chi connectivity index (χ1v) is 5.99. The maximum absolute atomic E-state index is 9.40. The molecule has 1 aliphatic rings. The Balaban J connectivity index is 1.77. The first-order valence-electron chi connectivity index (χ1n) is 5.99. The van der Waals surface area contributed by atoms with E-state index in [1.807, 2.05) is 12.1 Å². The molecule has 88 valence electrons. The summed E-state index contributed by atoms with van der Waals surface area (Å²) in [6.07, 6.45) is 2.83. The maximum Gasteiger partial charge on any atom is 0.0564 e. The lowest BCUT2D eigenvalue weighted by Crippen LogP contribution is -2.37. The molecular formula is C13H20N2O. The number of hydrogen-bond acceptors (Lipinski definition) is 3. The minimum atomic E-state index is -0.0761. The molecule has 0 unspecified atom stereocenters. The number of rotatable bonds is 3. The van der Waals surface area contributed by atoms with Crippen LogP contribution in [0.3, 0.4) is 0 Å². The fourth-order valence-electron chi connectivity index (χ4n) is 2.11. The molecule has 2 rings (SSSR count). The Morgan fingerprint density at radius 1 is 1.19 bits per heavy atom. The lowest BCUT2D eigenvalue weighted by Gasteiger charge is -2.29. The van der Waals surface area contributed by atoms with E-state index in [0.717, 1.165) is 44.6 Å². The van der Waals surface area contributed by atoms with E-state index in [1.165, 1.54) is 5.56 Å². The molecule has 3 nitrogen and oxygen atoms in total. The normalized spacial score (nSPS) is 18.8. The van der Waals surface area contributed by atoms with Crippen molar-refractivity contribution in [3.8, 4) is 0 Å². The molecule has 1 saturated heterocycles. The molecule has 16 heavy (non-hydrogen) atoms. The van der Waals surface area contributed by atoms with E-state index in [4.69, 9.17) is 5.73 Å². The van der Waals surface area contributed by atoms with Crippen LogP contribution < -0.4 is 5.73 Å². The molecule has 1 aromatic carbocycles. The predicted molar refractivity (Wildman–Crippen MR) is 66.2 cm³/mol. The van der Waals surface area contributed by atoms with Gasteiger partial charge in [0.2, 0.25) is 0 Å². The van der Waals surface area contributed by atoms with Crippen molar-refractivity contribution in [2.24, 2.45) is 0 Å². The Morgan fingerprint density at radius 2 is 1.81 bits per heavy atom. The van der Waals surface area contributed by atoms with Crippen molar-refractivity contribution in [2.75, 3.05) is 25.4 Å². The molecule has 3 N–H and O–H groups in total. The Bertz CT molecular complexity index is 315. The highest BCUT2D eigenvalue weighted by Gasteiger charge is 2.16. The van der Waals surface area contributed by atoms with Gasteiger partial charge in [0.25, 0.3) is 0 Å². The molecule has 0 aliphatic carbocycles. The van der Waals surface area contributed by atoms with E-state index in [0.29, 0.717) is 0 Å². The van der Waals surface area contributed by atoms with E-state index in [-0.39, 0.29) is 6.10 Å². The summed E-state index contributed by atoms with van der Waals surface area (Å²) in [6.45, 7) is 3.13. The van der Waals surface area contributed by atoms with E-state index in [2.05, 4.69) is 17.0 Å². The van der Waals surface area contributed by atoms with Gasteiger partial charge in [-0.05, 0) is 37.0 Å². The minimum Gasteiger partial charge on any atom is -0.399 e. The van der Waals surface area contributed by atoms with Gasteiger partial charge in [-0.25, -0.2) is 0 Å². The van der Waals surface area contributed by atoms with Gasteiger partial charge in [-0.1, -0.05) is 12.1 Å². The van der Waals surface area contributed by atoms with Crippen LogP contribution in [0, 0.1) is 0 Å². The molecule has 0 spiro atoms. The van der Waals surface area contributed by atoms with Gasteiger partial charge in [0.15, 0.2) is 0 Å².